The van der Waals surface area contributed by atoms with Crippen molar-refractivity contribution in [1.29, 1.82) is 0 Å². The van der Waals surface area contributed by atoms with Crippen LogP contribution in [0.1, 0.15) is 46.4 Å². The lowest BCUT2D eigenvalue weighted by Gasteiger charge is -2.39. The van der Waals surface area contributed by atoms with E-state index in [1.165, 1.54) is 17.4 Å². The highest BCUT2D eigenvalue weighted by atomic mass is 35.5. The third-order valence-electron chi connectivity index (χ3n) is 6.39. The van der Waals surface area contributed by atoms with Gasteiger partial charge in [-0.1, -0.05) is 17.7 Å². The number of hydrogen-bond acceptors (Lipinski definition) is 5. The summed E-state index contributed by atoms with van der Waals surface area (Å²) in [5.41, 5.74) is 4.17. The monoisotopic (exact) mass is 492 g/mol. The zero-order valence-corrected chi connectivity index (χ0v) is 21.4. The van der Waals surface area contributed by atoms with E-state index in [2.05, 4.69) is 24.8 Å². The Labute approximate surface area is 202 Å². The highest BCUT2D eigenvalue weighted by molar-refractivity contribution is 7.90. The van der Waals surface area contributed by atoms with Gasteiger partial charge in [0.1, 0.15) is 15.6 Å². The van der Waals surface area contributed by atoms with Gasteiger partial charge >= 0.3 is 0 Å². The first-order valence-corrected chi connectivity index (χ1v) is 13.7. The summed E-state index contributed by atoms with van der Waals surface area (Å²) in [6.45, 7) is 9.71. The van der Waals surface area contributed by atoms with E-state index < -0.39 is 9.84 Å². The number of amides is 1. The van der Waals surface area contributed by atoms with Crippen molar-refractivity contribution < 1.29 is 17.9 Å². The van der Waals surface area contributed by atoms with Crippen LogP contribution < -0.4 is 4.74 Å². The minimum Gasteiger partial charge on any atom is -0.493 e. The fourth-order valence-corrected chi connectivity index (χ4v) is 4.98. The number of ether oxygens (including phenoxy) is 1. The number of piperazine rings is 1. The summed E-state index contributed by atoms with van der Waals surface area (Å²) in [6.07, 6.45) is 1.72. The highest BCUT2D eigenvalue weighted by Crippen LogP contribution is 2.31. The molecule has 0 spiro atoms. The van der Waals surface area contributed by atoms with Gasteiger partial charge in [-0.3, -0.25) is 9.69 Å². The summed E-state index contributed by atoms with van der Waals surface area (Å²) < 4.78 is 28.4. The molecule has 33 heavy (non-hydrogen) atoms. The van der Waals surface area contributed by atoms with Crippen LogP contribution in [-0.4, -0.2) is 68.9 Å². The summed E-state index contributed by atoms with van der Waals surface area (Å²) in [4.78, 5) is 17.1. The molecule has 2 aromatic rings. The maximum atomic E-state index is 12.8. The number of sulfone groups is 1. The van der Waals surface area contributed by atoms with Crippen LogP contribution in [-0.2, 0) is 9.84 Å². The number of hydrogen-bond donors (Lipinski definition) is 0. The van der Waals surface area contributed by atoms with Gasteiger partial charge in [-0.25, -0.2) is 8.42 Å². The summed E-state index contributed by atoms with van der Waals surface area (Å²) >= 11 is 5.93. The Kier molecular flexibility index (Phi) is 8.43. The van der Waals surface area contributed by atoms with Gasteiger partial charge in [-0.2, -0.15) is 0 Å². The Morgan fingerprint density at radius 3 is 2.27 bits per heavy atom. The Morgan fingerprint density at radius 2 is 1.67 bits per heavy atom. The maximum Gasteiger partial charge on any atom is 0.253 e. The molecule has 1 aliphatic heterocycles. The fraction of sp³-hybridized carbons (Fsp3) is 0.480. The lowest BCUT2D eigenvalue weighted by atomic mass is 9.96. The Hall–Kier alpha value is -2.09. The molecule has 0 saturated carbocycles. The van der Waals surface area contributed by atoms with Gasteiger partial charge in [0.15, 0.2) is 0 Å². The quantitative estimate of drug-likeness (QED) is 0.514. The van der Waals surface area contributed by atoms with E-state index in [9.17, 15) is 13.2 Å². The summed E-state index contributed by atoms with van der Waals surface area (Å²) in [7, 11) is -2.97. The van der Waals surface area contributed by atoms with Crippen LogP contribution in [0.4, 0.5) is 0 Å². The minimum absolute atomic E-state index is 0.0448. The number of nitrogens with zero attached hydrogens (tertiary/aromatic N) is 2. The van der Waals surface area contributed by atoms with Crippen LogP contribution in [0.2, 0.25) is 5.02 Å². The third-order valence-corrected chi connectivity index (χ3v) is 7.67. The van der Waals surface area contributed by atoms with E-state index in [1.54, 1.807) is 24.3 Å². The summed E-state index contributed by atoms with van der Waals surface area (Å²) in [5, 5.41) is 0.626. The predicted molar refractivity (Wildman–Crippen MR) is 133 cm³/mol. The molecule has 0 N–H and O–H groups in total. The van der Waals surface area contributed by atoms with Crippen molar-refractivity contribution in [3.05, 3.63) is 63.7 Å². The molecule has 0 radical (unpaired) electrons. The Balaban J connectivity index is 1.58. The third kappa shape index (κ3) is 6.71. The summed E-state index contributed by atoms with van der Waals surface area (Å²) in [6, 6.07) is 11.3. The van der Waals surface area contributed by atoms with E-state index in [-0.39, 0.29) is 17.7 Å². The van der Waals surface area contributed by atoms with Crippen LogP contribution in [0.5, 0.6) is 5.75 Å². The van der Waals surface area contributed by atoms with Crippen LogP contribution in [0.25, 0.3) is 0 Å². The molecule has 0 aromatic heterocycles. The molecule has 1 fully saturated rings. The van der Waals surface area contributed by atoms with E-state index in [4.69, 9.17) is 16.3 Å². The van der Waals surface area contributed by atoms with Crippen LogP contribution in [0.3, 0.4) is 0 Å². The molecule has 1 amide bonds. The van der Waals surface area contributed by atoms with Crippen molar-refractivity contribution in [1.82, 2.24) is 9.80 Å². The average Bonchev–Trinajstić information content (AvgIpc) is 2.78. The smallest absolute Gasteiger partial charge is 0.253 e. The lowest BCUT2D eigenvalue weighted by Crippen LogP contribution is -2.49. The molecule has 2 aromatic carbocycles. The first kappa shape index (κ1) is 25.5. The topological polar surface area (TPSA) is 66.9 Å². The number of carbonyl (C=O) groups excluding carboxylic acids is 1. The first-order valence-electron chi connectivity index (χ1n) is 11.3. The number of benzene rings is 2. The van der Waals surface area contributed by atoms with Crippen molar-refractivity contribution in [3.8, 4) is 5.75 Å². The van der Waals surface area contributed by atoms with Crippen molar-refractivity contribution in [2.24, 2.45) is 0 Å². The maximum absolute atomic E-state index is 12.8. The molecule has 1 unspecified atom stereocenters. The predicted octanol–water partition coefficient (Wildman–Crippen LogP) is 4.29. The second kappa shape index (κ2) is 10.9. The van der Waals surface area contributed by atoms with Gasteiger partial charge in [-0.15, -0.1) is 0 Å². The molecule has 1 aliphatic rings. The van der Waals surface area contributed by atoms with Gasteiger partial charge in [0.25, 0.3) is 5.91 Å². The van der Waals surface area contributed by atoms with E-state index in [0.29, 0.717) is 36.7 Å². The molecule has 0 bridgehead atoms. The van der Waals surface area contributed by atoms with Crippen molar-refractivity contribution in [2.45, 2.75) is 33.2 Å². The molecular weight excluding hydrogens is 460 g/mol. The van der Waals surface area contributed by atoms with E-state index in [1.807, 2.05) is 17.9 Å². The van der Waals surface area contributed by atoms with Gasteiger partial charge in [0.2, 0.25) is 0 Å². The number of carbonyl (C=O) groups is 1. The van der Waals surface area contributed by atoms with E-state index >= 15 is 0 Å². The van der Waals surface area contributed by atoms with Gasteiger partial charge in [0.05, 0.1) is 12.4 Å². The Morgan fingerprint density at radius 1 is 1.03 bits per heavy atom. The summed E-state index contributed by atoms with van der Waals surface area (Å²) in [5.74, 6) is 0.978. The zero-order valence-electron chi connectivity index (χ0n) is 19.8. The van der Waals surface area contributed by atoms with Crippen LogP contribution >= 0.6 is 11.6 Å². The normalized spacial score (nSPS) is 16.0. The molecule has 6 nitrogen and oxygen atoms in total. The van der Waals surface area contributed by atoms with Gasteiger partial charge < -0.3 is 9.64 Å². The molecule has 8 heteroatoms. The molecule has 0 aliphatic carbocycles. The van der Waals surface area contributed by atoms with Crippen LogP contribution in [0.15, 0.2) is 36.4 Å². The number of halogens is 1. The Bertz CT molecular complexity index is 1080. The SMILES string of the molecule is Cc1c(OCCCS(C)(=O)=O)ccc(C(C)N2CCN(C(=O)c3ccc(Cl)cc3)CC2)c1C. The molecule has 1 saturated heterocycles. The lowest BCUT2D eigenvalue weighted by molar-refractivity contribution is 0.0581. The van der Waals surface area contributed by atoms with Crippen molar-refractivity contribution in [3.63, 3.8) is 0 Å². The van der Waals surface area contributed by atoms with Crippen LogP contribution in [0, 0.1) is 13.8 Å². The molecule has 1 heterocycles. The second-order valence-electron chi connectivity index (χ2n) is 8.75. The minimum atomic E-state index is -2.97. The molecular formula is C25H33ClN2O4S. The van der Waals surface area contributed by atoms with Crippen molar-refractivity contribution in [2.75, 3.05) is 44.8 Å². The first-order chi connectivity index (χ1) is 15.6. The largest absolute Gasteiger partial charge is 0.493 e. The fourth-order valence-electron chi connectivity index (χ4n) is 4.21. The second-order valence-corrected chi connectivity index (χ2v) is 11.4. The van der Waals surface area contributed by atoms with E-state index in [0.717, 1.165) is 24.4 Å². The standard InChI is InChI=1S/C25H33ClN2O4S/c1-18-19(2)24(32-16-5-17-33(4,30)31)11-10-23(18)20(3)27-12-14-28(15-13-27)25(29)21-6-8-22(26)9-7-21/h6-11,20H,5,12-17H2,1-4H3. The number of rotatable bonds is 8. The van der Waals surface area contributed by atoms with Gasteiger partial charge in [0, 0.05) is 49.1 Å². The highest BCUT2D eigenvalue weighted by Gasteiger charge is 2.26. The molecule has 3 rings (SSSR count). The molecule has 180 valence electrons. The van der Waals surface area contributed by atoms with Crippen molar-refractivity contribution >= 4 is 27.3 Å². The zero-order chi connectivity index (χ0) is 24.2. The molecule has 1 atom stereocenters. The average molecular weight is 493 g/mol. The van der Waals surface area contributed by atoms with Gasteiger partial charge in [-0.05, 0) is 74.2 Å².